The number of rotatable bonds is 10. The molecular formula is C24H29ClFNO6. The van der Waals surface area contributed by atoms with Crippen molar-refractivity contribution in [3.8, 4) is 0 Å². The van der Waals surface area contributed by atoms with Gasteiger partial charge in [-0.25, -0.2) is 4.39 Å². The zero-order chi connectivity index (χ0) is 23.8. The van der Waals surface area contributed by atoms with Crippen LogP contribution in [0.25, 0.3) is 0 Å². The van der Waals surface area contributed by atoms with Crippen molar-refractivity contribution < 1.29 is 33.6 Å². The molecule has 3 rings (SSSR count). The summed E-state index contributed by atoms with van der Waals surface area (Å²) >= 11 is 6.06. The van der Waals surface area contributed by atoms with Crippen LogP contribution in [0.4, 0.5) is 4.39 Å². The molecule has 1 aliphatic carbocycles. The first kappa shape index (κ1) is 25.6. The molecule has 1 unspecified atom stereocenters. The predicted octanol–water partition coefficient (Wildman–Crippen LogP) is 2.60. The van der Waals surface area contributed by atoms with Gasteiger partial charge >= 0.3 is 0 Å². The number of amides is 1. The topological polar surface area (TPSA) is 97.3 Å². The van der Waals surface area contributed by atoms with E-state index in [9.17, 15) is 19.4 Å². The minimum absolute atomic E-state index is 0.0196. The lowest BCUT2D eigenvalue weighted by atomic mass is 9.78. The summed E-state index contributed by atoms with van der Waals surface area (Å²) in [5.74, 6) is -0.795. The fraction of sp³-hybridized carbons (Fsp3) is 0.458. The van der Waals surface area contributed by atoms with Crippen LogP contribution in [0.15, 0.2) is 48.5 Å². The molecule has 1 fully saturated rings. The van der Waals surface area contributed by atoms with Crippen LogP contribution < -0.4 is 5.32 Å². The van der Waals surface area contributed by atoms with Gasteiger partial charge in [-0.1, -0.05) is 35.9 Å². The Morgan fingerprint density at radius 3 is 2.61 bits per heavy atom. The highest BCUT2D eigenvalue weighted by Gasteiger charge is 2.51. The Kier molecular flexibility index (Phi) is 9.19. The summed E-state index contributed by atoms with van der Waals surface area (Å²) in [6, 6.07) is 12.8. The largest absolute Gasteiger partial charge is 0.390 e. The quantitative estimate of drug-likeness (QED) is 0.451. The number of carbonyl (C=O) groups is 1. The monoisotopic (exact) mass is 481 g/mol. The van der Waals surface area contributed by atoms with Crippen molar-refractivity contribution in [2.45, 2.75) is 50.0 Å². The smallest absolute Gasteiger partial charge is 0.252 e. The zero-order valence-corrected chi connectivity index (χ0v) is 19.1. The predicted molar refractivity (Wildman–Crippen MR) is 120 cm³/mol. The van der Waals surface area contributed by atoms with Crippen molar-refractivity contribution in [2.75, 3.05) is 20.3 Å². The van der Waals surface area contributed by atoms with E-state index in [4.69, 9.17) is 25.8 Å². The van der Waals surface area contributed by atoms with E-state index in [-0.39, 0.29) is 38.4 Å². The molecule has 0 radical (unpaired) electrons. The number of methoxy groups -OCH3 is 1. The molecule has 4 atom stereocenters. The van der Waals surface area contributed by atoms with E-state index >= 15 is 0 Å². The third-order valence-electron chi connectivity index (χ3n) is 5.63. The van der Waals surface area contributed by atoms with Crippen LogP contribution >= 0.6 is 11.6 Å². The summed E-state index contributed by atoms with van der Waals surface area (Å²) in [4.78, 5) is 13.2. The molecule has 2 aromatic carbocycles. The lowest BCUT2D eigenvalue weighted by Gasteiger charge is -2.44. The van der Waals surface area contributed by atoms with Gasteiger partial charge in [0.1, 0.15) is 11.9 Å². The van der Waals surface area contributed by atoms with Gasteiger partial charge in [-0.3, -0.25) is 4.79 Å². The maximum Gasteiger partial charge on any atom is 0.252 e. The van der Waals surface area contributed by atoms with Gasteiger partial charge in [0, 0.05) is 31.5 Å². The number of aliphatic hydroxyl groups is 2. The summed E-state index contributed by atoms with van der Waals surface area (Å²) in [6.07, 6.45) is -3.42. The SMILES string of the molecule is COCCNC(=O)[C@@]1(OCc2cccc(Cl)c2)CC(OCc2ccc(F)cc2)[C@H](O)[C@H](O)C1. The Hall–Kier alpha value is -2.07. The molecule has 1 amide bonds. The number of nitrogens with one attached hydrogen (secondary N) is 1. The van der Waals surface area contributed by atoms with Crippen LogP contribution in [0.1, 0.15) is 24.0 Å². The van der Waals surface area contributed by atoms with Crippen LogP contribution in [-0.4, -0.2) is 60.3 Å². The molecule has 33 heavy (non-hydrogen) atoms. The van der Waals surface area contributed by atoms with E-state index in [2.05, 4.69) is 5.32 Å². The van der Waals surface area contributed by atoms with Gasteiger partial charge in [0.2, 0.25) is 0 Å². The molecule has 0 saturated heterocycles. The lowest BCUT2D eigenvalue weighted by Crippen LogP contribution is -2.60. The first-order valence-electron chi connectivity index (χ1n) is 10.7. The van der Waals surface area contributed by atoms with E-state index in [0.29, 0.717) is 17.2 Å². The van der Waals surface area contributed by atoms with E-state index in [1.54, 1.807) is 30.3 Å². The Bertz CT molecular complexity index is 914. The van der Waals surface area contributed by atoms with E-state index in [1.807, 2.05) is 6.07 Å². The molecule has 0 aromatic heterocycles. The minimum atomic E-state index is -1.44. The fourth-order valence-corrected chi connectivity index (χ4v) is 4.03. The van der Waals surface area contributed by atoms with Gasteiger partial charge < -0.3 is 29.7 Å². The third-order valence-corrected chi connectivity index (χ3v) is 5.87. The summed E-state index contributed by atoms with van der Waals surface area (Å²) < 4.78 is 30.1. The standard InChI is InChI=1S/C24H29ClFNO6/c1-31-10-9-27-23(30)24(33-15-17-3-2-4-18(25)11-17)12-20(28)22(29)21(13-24)32-14-16-5-7-19(26)8-6-16/h2-8,11,20-22,28-29H,9-10,12-15H2,1H3,(H,27,30)/t20-,21?,22-,24+/m1/s1. The second-order valence-corrected chi connectivity index (χ2v) is 8.54. The molecule has 0 heterocycles. The van der Waals surface area contributed by atoms with Crippen molar-refractivity contribution in [3.63, 3.8) is 0 Å². The Morgan fingerprint density at radius 2 is 1.91 bits per heavy atom. The van der Waals surface area contributed by atoms with Crippen molar-refractivity contribution in [2.24, 2.45) is 0 Å². The molecule has 9 heteroatoms. The Labute approximate surface area is 197 Å². The molecule has 7 nitrogen and oxygen atoms in total. The summed E-state index contributed by atoms with van der Waals surface area (Å²) in [6.45, 7) is 0.722. The van der Waals surface area contributed by atoms with E-state index < -0.39 is 29.8 Å². The highest BCUT2D eigenvalue weighted by Crippen LogP contribution is 2.36. The van der Waals surface area contributed by atoms with E-state index in [0.717, 1.165) is 5.56 Å². The average molecular weight is 482 g/mol. The molecule has 0 aliphatic heterocycles. The van der Waals surface area contributed by atoms with Crippen LogP contribution in [-0.2, 0) is 32.2 Å². The number of halogens is 2. The Balaban J connectivity index is 1.77. The number of benzene rings is 2. The first-order valence-corrected chi connectivity index (χ1v) is 11.1. The van der Waals surface area contributed by atoms with Gasteiger partial charge in [-0.15, -0.1) is 0 Å². The van der Waals surface area contributed by atoms with Crippen molar-refractivity contribution in [1.82, 2.24) is 5.32 Å². The van der Waals surface area contributed by atoms with E-state index in [1.165, 1.54) is 19.2 Å². The second-order valence-electron chi connectivity index (χ2n) is 8.10. The molecule has 1 aliphatic rings. The second kappa shape index (κ2) is 11.9. The summed E-state index contributed by atoms with van der Waals surface area (Å²) in [5, 5.41) is 24.5. The molecule has 180 valence electrons. The van der Waals surface area contributed by atoms with Gasteiger partial charge in [-0.2, -0.15) is 0 Å². The van der Waals surface area contributed by atoms with Gasteiger partial charge in [0.25, 0.3) is 5.91 Å². The number of aliphatic hydroxyl groups excluding tert-OH is 2. The highest BCUT2D eigenvalue weighted by atomic mass is 35.5. The minimum Gasteiger partial charge on any atom is -0.390 e. The zero-order valence-electron chi connectivity index (χ0n) is 18.4. The lowest BCUT2D eigenvalue weighted by molar-refractivity contribution is -0.200. The molecule has 0 spiro atoms. The average Bonchev–Trinajstić information content (AvgIpc) is 2.80. The van der Waals surface area contributed by atoms with Gasteiger partial charge in [0.05, 0.1) is 32.0 Å². The first-order chi connectivity index (χ1) is 15.8. The maximum absolute atomic E-state index is 13.2. The maximum atomic E-state index is 13.2. The summed E-state index contributed by atoms with van der Waals surface area (Å²) in [5.41, 5.74) is 0.0111. The van der Waals surface area contributed by atoms with Crippen LogP contribution in [0, 0.1) is 5.82 Å². The van der Waals surface area contributed by atoms with Crippen LogP contribution in [0.5, 0.6) is 0 Å². The Morgan fingerprint density at radius 1 is 1.15 bits per heavy atom. The number of carbonyl (C=O) groups excluding carboxylic acids is 1. The molecule has 3 N–H and O–H groups in total. The number of hydrogen-bond donors (Lipinski definition) is 3. The van der Waals surface area contributed by atoms with Crippen molar-refractivity contribution in [1.29, 1.82) is 0 Å². The summed E-state index contributed by atoms with van der Waals surface area (Å²) in [7, 11) is 1.53. The molecule has 0 bridgehead atoms. The number of hydrogen-bond acceptors (Lipinski definition) is 6. The molecule has 2 aromatic rings. The molecular weight excluding hydrogens is 453 g/mol. The normalized spacial score (nSPS) is 25.1. The van der Waals surface area contributed by atoms with Gasteiger partial charge in [-0.05, 0) is 35.4 Å². The molecule has 1 saturated carbocycles. The van der Waals surface area contributed by atoms with Crippen LogP contribution in [0.3, 0.4) is 0 Å². The van der Waals surface area contributed by atoms with Crippen molar-refractivity contribution >= 4 is 17.5 Å². The van der Waals surface area contributed by atoms with Crippen molar-refractivity contribution in [3.05, 3.63) is 70.5 Å². The fourth-order valence-electron chi connectivity index (χ4n) is 3.82. The highest BCUT2D eigenvalue weighted by molar-refractivity contribution is 6.30. The third kappa shape index (κ3) is 6.96. The number of ether oxygens (including phenoxy) is 3. The van der Waals surface area contributed by atoms with Crippen LogP contribution in [0.2, 0.25) is 5.02 Å². The van der Waals surface area contributed by atoms with Gasteiger partial charge in [0.15, 0.2) is 5.60 Å².